The molecular weight excluding hydrogens is 342 g/mol. The molecule has 3 aromatic heterocycles. The van der Waals surface area contributed by atoms with Gasteiger partial charge in [-0.05, 0) is 31.2 Å². The zero-order chi connectivity index (χ0) is 17.6. The molecule has 25 heavy (non-hydrogen) atoms. The molecule has 0 radical (unpaired) electrons. The molecule has 0 N–H and O–H groups in total. The van der Waals surface area contributed by atoms with E-state index in [1.54, 1.807) is 36.0 Å². The minimum Gasteiger partial charge on any atom is -0.466 e. The molecule has 0 amide bonds. The van der Waals surface area contributed by atoms with E-state index in [0.29, 0.717) is 16.5 Å². The van der Waals surface area contributed by atoms with E-state index in [1.165, 1.54) is 11.8 Å². The number of pyridine rings is 1. The van der Waals surface area contributed by atoms with Gasteiger partial charge in [0.1, 0.15) is 11.4 Å². The van der Waals surface area contributed by atoms with Crippen LogP contribution < -0.4 is 0 Å². The zero-order valence-corrected chi connectivity index (χ0v) is 14.3. The van der Waals surface area contributed by atoms with Gasteiger partial charge in [0.2, 0.25) is 0 Å². The van der Waals surface area contributed by atoms with Crippen LogP contribution in [0.3, 0.4) is 0 Å². The number of rotatable bonds is 7. The first-order valence-electron chi connectivity index (χ1n) is 7.60. The Bertz CT molecular complexity index is 897. The average molecular weight is 357 g/mol. The van der Waals surface area contributed by atoms with Crippen LogP contribution in [-0.2, 0) is 14.3 Å². The van der Waals surface area contributed by atoms with Crippen LogP contribution in [0.2, 0.25) is 0 Å². The Morgan fingerprint density at radius 3 is 2.88 bits per heavy atom. The molecule has 0 atom stereocenters. The Morgan fingerprint density at radius 1 is 1.24 bits per heavy atom. The first-order valence-corrected chi connectivity index (χ1v) is 8.59. The van der Waals surface area contributed by atoms with Crippen molar-refractivity contribution in [2.75, 3.05) is 12.4 Å². The number of carbonyl (C=O) groups excluding carboxylic acids is 2. The molecule has 0 saturated carbocycles. The van der Waals surface area contributed by atoms with Crippen molar-refractivity contribution in [3.8, 4) is 11.4 Å². The van der Waals surface area contributed by atoms with Crippen LogP contribution in [0.15, 0.2) is 41.7 Å². The quantitative estimate of drug-likeness (QED) is 0.358. The third-order valence-electron chi connectivity index (χ3n) is 3.19. The molecule has 3 heterocycles. The topological polar surface area (TPSA) is 99.3 Å². The highest BCUT2D eigenvalue weighted by molar-refractivity contribution is 7.99. The third kappa shape index (κ3) is 4.18. The largest absolute Gasteiger partial charge is 0.466 e. The fourth-order valence-electron chi connectivity index (χ4n) is 2.10. The first-order chi connectivity index (χ1) is 12.2. The summed E-state index contributed by atoms with van der Waals surface area (Å²) in [4.78, 5) is 27.2. The minimum atomic E-state index is -0.505. The maximum Gasteiger partial charge on any atom is 0.313 e. The van der Waals surface area contributed by atoms with Crippen molar-refractivity contribution in [3.05, 3.63) is 36.7 Å². The van der Waals surface area contributed by atoms with Gasteiger partial charge in [-0.2, -0.15) is 9.61 Å². The van der Waals surface area contributed by atoms with Crippen molar-refractivity contribution in [2.24, 2.45) is 0 Å². The van der Waals surface area contributed by atoms with Gasteiger partial charge < -0.3 is 4.74 Å². The first kappa shape index (κ1) is 17.0. The zero-order valence-electron chi connectivity index (χ0n) is 13.5. The molecule has 0 bridgehead atoms. The van der Waals surface area contributed by atoms with Crippen LogP contribution >= 0.6 is 11.8 Å². The molecule has 0 aliphatic heterocycles. The number of ether oxygens (including phenoxy) is 1. The van der Waals surface area contributed by atoms with E-state index < -0.39 is 5.97 Å². The molecule has 0 spiro atoms. The van der Waals surface area contributed by atoms with Gasteiger partial charge in [0, 0.05) is 18.0 Å². The Hall–Kier alpha value is -2.81. The number of ketones is 1. The van der Waals surface area contributed by atoms with E-state index in [-0.39, 0.29) is 24.6 Å². The third-order valence-corrected chi connectivity index (χ3v) is 4.17. The Morgan fingerprint density at radius 2 is 2.12 bits per heavy atom. The minimum absolute atomic E-state index is 0.141. The molecule has 0 aliphatic carbocycles. The van der Waals surface area contributed by atoms with E-state index in [1.807, 2.05) is 12.1 Å². The average Bonchev–Trinajstić information content (AvgIpc) is 3.04. The summed E-state index contributed by atoms with van der Waals surface area (Å²) in [7, 11) is 0. The molecule has 0 unspecified atom stereocenters. The lowest BCUT2D eigenvalue weighted by Gasteiger charge is -2.03. The summed E-state index contributed by atoms with van der Waals surface area (Å²) in [5.74, 6) is 0.000891. The second-order valence-electron chi connectivity index (χ2n) is 5.02. The van der Waals surface area contributed by atoms with Crippen LogP contribution in [0.5, 0.6) is 0 Å². The fraction of sp³-hybridized carbons (Fsp3) is 0.250. The van der Waals surface area contributed by atoms with Gasteiger partial charge in [0.05, 0.1) is 12.4 Å². The van der Waals surface area contributed by atoms with E-state index in [0.717, 1.165) is 5.56 Å². The van der Waals surface area contributed by atoms with E-state index >= 15 is 0 Å². The molecule has 0 aliphatic rings. The fourth-order valence-corrected chi connectivity index (χ4v) is 2.82. The number of fused-ring (bicyclic) bond motifs is 1. The number of hydrogen-bond acceptors (Lipinski definition) is 8. The Kier molecular flexibility index (Phi) is 5.34. The van der Waals surface area contributed by atoms with Gasteiger partial charge in [-0.1, -0.05) is 11.8 Å². The normalized spacial score (nSPS) is 10.8. The highest BCUT2D eigenvalue weighted by Gasteiger charge is 2.13. The lowest BCUT2D eigenvalue weighted by atomic mass is 10.3. The van der Waals surface area contributed by atoms with E-state index in [4.69, 9.17) is 4.74 Å². The molecule has 0 aromatic carbocycles. The summed E-state index contributed by atoms with van der Waals surface area (Å²) >= 11 is 1.25. The van der Waals surface area contributed by atoms with Gasteiger partial charge in [0.25, 0.3) is 0 Å². The second-order valence-corrected chi connectivity index (χ2v) is 6.01. The predicted octanol–water partition coefficient (Wildman–Crippen LogP) is 1.80. The standard InChI is InChI=1S/C16H15N5O3S/c1-2-24-15(23)8-12(22)10-25-14-6-5-13-18-19-16(21(13)20-14)11-4-3-7-17-9-11/h3-7,9H,2,8,10H2,1H3. The van der Waals surface area contributed by atoms with Crippen LogP contribution in [0.4, 0.5) is 0 Å². The van der Waals surface area contributed by atoms with Gasteiger partial charge in [0.15, 0.2) is 17.3 Å². The van der Waals surface area contributed by atoms with Crippen molar-refractivity contribution in [1.82, 2.24) is 24.8 Å². The Balaban J connectivity index is 1.73. The number of thioether (sulfide) groups is 1. The summed E-state index contributed by atoms with van der Waals surface area (Å²) in [6.45, 7) is 1.97. The molecule has 0 saturated heterocycles. The number of hydrogen-bond donors (Lipinski definition) is 0. The molecule has 0 fully saturated rings. The number of nitrogens with zero attached hydrogens (tertiary/aromatic N) is 5. The lowest BCUT2D eigenvalue weighted by molar-refractivity contribution is -0.145. The molecule has 128 valence electrons. The van der Waals surface area contributed by atoms with Crippen molar-refractivity contribution in [2.45, 2.75) is 18.4 Å². The summed E-state index contributed by atoms with van der Waals surface area (Å²) in [6.07, 6.45) is 3.13. The van der Waals surface area contributed by atoms with Gasteiger partial charge in [-0.25, -0.2) is 0 Å². The summed E-state index contributed by atoms with van der Waals surface area (Å²) in [6, 6.07) is 7.22. The molecule has 8 nitrogen and oxygen atoms in total. The number of aromatic nitrogens is 5. The van der Waals surface area contributed by atoms with Crippen LogP contribution in [-0.4, -0.2) is 48.9 Å². The molecule has 3 aromatic rings. The number of esters is 1. The number of Topliss-reactive ketones (excluding diaryl/α,β-unsaturated/α-hetero) is 1. The lowest BCUT2D eigenvalue weighted by Crippen LogP contribution is -2.12. The van der Waals surface area contributed by atoms with E-state index in [2.05, 4.69) is 20.3 Å². The summed E-state index contributed by atoms with van der Waals surface area (Å²) in [5, 5.41) is 13.3. The van der Waals surface area contributed by atoms with Gasteiger partial charge in [-0.3, -0.25) is 14.6 Å². The maximum atomic E-state index is 11.8. The van der Waals surface area contributed by atoms with Crippen molar-refractivity contribution in [3.63, 3.8) is 0 Å². The summed E-state index contributed by atoms with van der Waals surface area (Å²) in [5.41, 5.74) is 1.39. The molecule has 9 heteroatoms. The highest BCUT2D eigenvalue weighted by Crippen LogP contribution is 2.20. The smallest absolute Gasteiger partial charge is 0.313 e. The van der Waals surface area contributed by atoms with Crippen LogP contribution in [0.25, 0.3) is 17.0 Å². The highest BCUT2D eigenvalue weighted by atomic mass is 32.2. The van der Waals surface area contributed by atoms with Crippen molar-refractivity contribution in [1.29, 1.82) is 0 Å². The summed E-state index contributed by atoms with van der Waals surface area (Å²) < 4.78 is 6.37. The molecule has 3 rings (SSSR count). The van der Waals surface area contributed by atoms with E-state index in [9.17, 15) is 9.59 Å². The maximum absolute atomic E-state index is 11.8. The van der Waals surface area contributed by atoms with Gasteiger partial charge in [-0.15, -0.1) is 10.2 Å². The van der Waals surface area contributed by atoms with Crippen molar-refractivity contribution >= 4 is 29.2 Å². The Labute approximate surface area is 147 Å². The second kappa shape index (κ2) is 7.84. The van der Waals surface area contributed by atoms with Crippen LogP contribution in [0.1, 0.15) is 13.3 Å². The predicted molar refractivity (Wildman–Crippen MR) is 91.0 cm³/mol. The SMILES string of the molecule is CCOC(=O)CC(=O)CSc1ccc2nnc(-c3cccnc3)n2n1. The monoisotopic (exact) mass is 357 g/mol. The van der Waals surface area contributed by atoms with Crippen molar-refractivity contribution < 1.29 is 14.3 Å². The molecular formula is C16H15N5O3S. The number of carbonyl (C=O) groups is 2. The van der Waals surface area contributed by atoms with Crippen LogP contribution in [0, 0.1) is 0 Å². The van der Waals surface area contributed by atoms with Gasteiger partial charge >= 0.3 is 5.97 Å².